The number of aliphatic carboxylic acids is 1. The monoisotopic (exact) mass is 546 g/mol. The molecule has 33 heavy (non-hydrogen) atoms. The average Bonchev–Trinajstić information content (AvgIpc) is 3.19. The molecule has 2 aliphatic heterocycles. The lowest BCUT2D eigenvalue weighted by atomic mass is 9.98. The number of β-lactam (4-membered cyclic amide) rings is 1. The molecule has 2 N–H and O–H groups in total. The summed E-state index contributed by atoms with van der Waals surface area (Å²) in [5.74, 6) is -4.39. The van der Waals surface area contributed by atoms with Gasteiger partial charge >= 0.3 is 11.2 Å². The number of nitrogens with zero attached hydrogens (tertiary/aromatic N) is 3. The SMILES string of the molecule is CO[C@@]1(NC(=O)C[S+]([O-])C(F)(F)CF)C(=O)N2C(C(=O)O)=C(CSc3nnc(C)s3)CS[C@@H]21. The Kier molecular flexibility index (Phi) is 7.89. The maximum atomic E-state index is 13.2. The van der Waals surface area contributed by atoms with Crippen molar-refractivity contribution in [3.05, 3.63) is 16.3 Å². The molecular formula is C16H17F3N4O6S4. The number of nitrogens with one attached hydrogen (secondary N) is 1. The van der Waals surface area contributed by atoms with E-state index in [1.165, 1.54) is 23.1 Å². The van der Waals surface area contributed by atoms with Gasteiger partial charge in [-0.15, -0.1) is 22.0 Å². The summed E-state index contributed by atoms with van der Waals surface area (Å²) in [6.45, 7) is -0.436. The van der Waals surface area contributed by atoms with E-state index < -0.39 is 57.7 Å². The van der Waals surface area contributed by atoms with Crippen LogP contribution in [0.2, 0.25) is 0 Å². The lowest BCUT2D eigenvalue weighted by Gasteiger charge is -2.55. The Morgan fingerprint density at radius 2 is 2.18 bits per heavy atom. The van der Waals surface area contributed by atoms with Crippen molar-refractivity contribution in [1.82, 2.24) is 20.4 Å². The average molecular weight is 547 g/mol. The normalized spacial score (nSPS) is 23.8. The number of hydrogen-bond acceptors (Lipinski definition) is 10. The Morgan fingerprint density at radius 1 is 1.48 bits per heavy atom. The number of carbonyl (C=O) groups is 3. The van der Waals surface area contributed by atoms with Gasteiger partial charge in [-0.25, -0.2) is 9.18 Å². The summed E-state index contributed by atoms with van der Waals surface area (Å²) >= 11 is 0.539. The zero-order valence-electron chi connectivity index (χ0n) is 17.0. The predicted octanol–water partition coefficient (Wildman–Crippen LogP) is 0.962. The lowest BCUT2D eigenvalue weighted by molar-refractivity contribution is -0.192. The molecule has 2 amide bonds. The van der Waals surface area contributed by atoms with Gasteiger partial charge in [-0.1, -0.05) is 23.1 Å². The van der Waals surface area contributed by atoms with Gasteiger partial charge in [0.25, 0.3) is 17.5 Å². The van der Waals surface area contributed by atoms with Crippen LogP contribution in [0.4, 0.5) is 13.2 Å². The molecule has 0 spiro atoms. The number of amides is 2. The Morgan fingerprint density at radius 3 is 2.73 bits per heavy atom. The van der Waals surface area contributed by atoms with E-state index in [0.29, 0.717) is 9.91 Å². The van der Waals surface area contributed by atoms with E-state index in [9.17, 15) is 37.2 Å². The van der Waals surface area contributed by atoms with Crippen LogP contribution in [0.5, 0.6) is 0 Å². The Balaban J connectivity index is 1.77. The van der Waals surface area contributed by atoms with Crippen LogP contribution in [0.25, 0.3) is 0 Å². The number of halogens is 3. The molecular weight excluding hydrogens is 529 g/mol. The minimum Gasteiger partial charge on any atom is -0.611 e. The van der Waals surface area contributed by atoms with Gasteiger partial charge in [-0.05, 0) is 12.5 Å². The van der Waals surface area contributed by atoms with E-state index in [0.717, 1.165) is 28.8 Å². The summed E-state index contributed by atoms with van der Waals surface area (Å²) in [4.78, 5) is 38.0. The molecule has 1 fully saturated rings. The van der Waals surface area contributed by atoms with Crippen molar-refractivity contribution in [3.8, 4) is 0 Å². The molecule has 1 aromatic rings. The van der Waals surface area contributed by atoms with Crippen molar-refractivity contribution in [2.75, 3.05) is 31.0 Å². The number of ether oxygens (including phenoxy) is 1. The molecule has 3 rings (SSSR count). The lowest BCUT2D eigenvalue weighted by Crippen LogP contribution is -2.81. The van der Waals surface area contributed by atoms with Gasteiger partial charge in [0.1, 0.15) is 16.1 Å². The summed E-state index contributed by atoms with van der Waals surface area (Å²) in [6.07, 6.45) is 0. The van der Waals surface area contributed by atoms with Gasteiger partial charge in [-0.2, -0.15) is 8.78 Å². The number of carbonyl (C=O) groups excluding carboxylic acids is 2. The van der Waals surface area contributed by atoms with E-state index in [1.807, 2.05) is 0 Å². The van der Waals surface area contributed by atoms with Crippen LogP contribution in [-0.2, 0) is 30.3 Å². The molecule has 0 aromatic carbocycles. The van der Waals surface area contributed by atoms with Crippen molar-refractivity contribution in [2.24, 2.45) is 0 Å². The van der Waals surface area contributed by atoms with Crippen LogP contribution in [0.1, 0.15) is 5.01 Å². The number of thioether (sulfide) groups is 2. The molecule has 0 aliphatic carbocycles. The minimum atomic E-state index is -4.22. The van der Waals surface area contributed by atoms with Crippen molar-refractivity contribution < 1.29 is 42.0 Å². The Labute approximate surface area is 200 Å². The van der Waals surface area contributed by atoms with Gasteiger partial charge in [0, 0.05) is 29.8 Å². The summed E-state index contributed by atoms with van der Waals surface area (Å²) in [7, 11) is 1.08. The van der Waals surface area contributed by atoms with Crippen LogP contribution in [0, 0.1) is 6.92 Å². The number of methoxy groups -OCH3 is 1. The van der Waals surface area contributed by atoms with Crippen LogP contribution in [0.3, 0.4) is 0 Å². The molecule has 1 aromatic heterocycles. The number of carboxylic acids is 1. The fourth-order valence-electron chi connectivity index (χ4n) is 3.07. The quantitative estimate of drug-likeness (QED) is 0.188. The molecule has 1 unspecified atom stereocenters. The zero-order valence-corrected chi connectivity index (χ0v) is 20.3. The third kappa shape index (κ3) is 4.97. The molecule has 0 bridgehead atoms. The van der Waals surface area contributed by atoms with Crippen LogP contribution >= 0.6 is 34.9 Å². The maximum absolute atomic E-state index is 13.2. The van der Waals surface area contributed by atoms with Crippen LogP contribution < -0.4 is 5.32 Å². The largest absolute Gasteiger partial charge is 0.611 e. The summed E-state index contributed by atoms with van der Waals surface area (Å²) < 4.78 is 56.1. The van der Waals surface area contributed by atoms with Crippen molar-refractivity contribution >= 4 is 63.8 Å². The van der Waals surface area contributed by atoms with E-state index >= 15 is 0 Å². The summed E-state index contributed by atoms with van der Waals surface area (Å²) in [6, 6.07) is 0. The number of hydrogen-bond donors (Lipinski definition) is 2. The van der Waals surface area contributed by atoms with E-state index in [4.69, 9.17) is 4.74 Å². The smallest absolute Gasteiger partial charge is 0.435 e. The molecule has 0 saturated carbocycles. The fraction of sp³-hybridized carbons (Fsp3) is 0.562. The predicted molar refractivity (Wildman–Crippen MR) is 115 cm³/mol. The third-order valence-corrected chi connectivity index (χ3v) is 9.32. The fourth-order valence-corrected chi connectivity index (χ4v) is 7.11. The van der Waals surface area contributed by atoms with E-state index in [-0.39, 0.29) is 17.2 Å². The Bertz CT molecular complexity index is 995. The first kappa shape index (κ1) is 26.1. The second kappa shape index (κ2) is 9.99. The zero-order chi connectivity index (χ0) is 24.6. The standard InChI is InChI=1S/C16H17F3N4O6S4/c1-7-21-22-14(32-7)31-4-8-3-30-13-16(29-2,12(27)23(13)10(8)11(25)26)20-9(24)5-33(28)15(18,19)6-17/h13H,3-6H2,1-2H3,(H,20,24)(H,25,26)/t13-,16+,33?/m1/s1. The molecule has 10 nitrogen and oxygen atoms in total. The summed E-state index contributed by atoms with van der Waals surface area (Å²) in [5, 5.41) is 15.2. The number of carboxylic acid groups (broad SMARTS) is 1. The van der Waals surface area contributed by atoms with Gasteiger partial charge in [0.15, 0.2) is 10.1 Å². The first-order valence-electron chi connectivity index (χ1n) is 8.98. The highest BCUT2D eigenvalue weighted by atomic mass is 32.2. The van der Waals surface area contributed by atoms with Crippen molar-refractivity contribution in [2.45, 2.75) is 27.6 Å². The number of alkyl halides is 3. The molecule has 3 atom stereocenters. The van der Waals surface area contributed by atoms with Gasteiger partial charge < -0.3 is 19.7 Å². The summed E-state index contributed by atoms with van der Waals surface area (Å²) in [5.41, 5.74) is -1.87. The highest BCUT2D eigenvalue weighted by molar-refractivity contribution is 8.01. The highest BCUT2D eigenvalue weighted by Crippen LogP contribution is 2.47. The van der Waals surface area contributed by atoms with E-state index in [1.54, 1.807) is 6.92 Å². The molecule has 3 heterocycles. The van der Waals surface area contributed by atoms with Gasteiger partial charge in [-0.3, -0.25) is 14.5 Å². The molecule has 0 radical (unpaired) electrons. The maximum Gasteiger partial charge on any atom is 0.435 e. The first-order valence-corrected chi connectivity index (χ1v) is 13.2. The first-order chi connectivity index (χ1) is 15.5. The highest BCUT2D eigenvalue weighted by Gasteiger charge is 2.67. The van der Waals surface area contributed by atoms with Crippen molar-refractivity contribution in [3.63, 3.8) is 0 Å². The number of aryl methyl sites for hydroxylation is 1. The third-order valence-electron chi connectivity index (χ3n) is 4.59. The van der Waals surface area contributed by atoms with Crippen LogP contribution in [0.15, 0.2) is 15.6 Å². The van der Waals surface area contributed by atoms with E-state index in [2.05, 4.69) is 15.5 Å². The van der Waals surface area contributed by atoms with Crippen molar-refractivity contribution in [1.29, 1.82) is 0 Å². The second-order valence-electron chi connectivity index (χ2n) is 6.72. The van der Waals surface area contributed by atoms with Gasteiger partial charge in [0.2, 0.25) is 6.67 Å². The number of rotatable bonds is 10. The molecule has 1 saturated heterocycles. The topological polar surface area (TPSA) is 145 Å². The number of fused-ring (bicyclic) bond motifs is 1. The van der Waals surface area contributed by atoms with Crippen LogP contribution in [-0.4, -0.2) is 89.9 Å². The Hall–Kier alpha value is -1.53. The molecule has 2 aliphatic rings. The molecule has 17 heteroatoms. The molecule has 182 valence electrons. The number of aromatic nitrogens is 2. The second-order valence-corrected chi connectivity index (χ2v) is 11.8. The van der Waals surface area contributed by atoms with Gasteiger partial charge in [0.05, 0.1) is 0 Å². The minimum absolute atomic E-state index is 0.174.